The van der Waals surface area contributed by atoms with Gasteiger partial charge in [0.15, 0.2) is 0 Å². The first kappa shape index (κ1) is 16.5. The number of halogens is 2. The zero-order valence-electron chi connectivity index (χ0n) is 11.8. The average Bonchev–Trinajstić information content (AvgIpc) is 2.45. The number of hydrogen-bond acceptors (Lipinski definition) is 3. The lowest BCUT2D eigenvalue weighted by Gasteiger charge is -2.14. The van der Waals surface area contributed by atoms with Crippen LogP contribution in [0.15, 0.2) is 47.4 Å². The highest BCUT2D eigenvalue weighted by Crippen LogP contribution is 2.19. The van der Waals surface area contributed by atoms with Crippen LogP contribution in [0.5, 0.6) is 0 Å². The highest BCUT2D eigenvalue weighted by atomic mass is 32.2. The molecule has 0 saturated heterocycles. The minimum atomic E-state index is -3.92. The zero-order chi connectivity index (χ0) is 16.3. The Labute approximate surface area is 127 Å². The average molecular weight is 327 g/mol. The number of hydrogen-bond donors (Lipinski definition) is 2. The summed E-state index contributed by atoms with van der Waals surface area (Å²) in [6.07, 6.45) is -1.32. The highest BCUT2D eigenvalue weighted by molar-refractivity contribution is 7.89. The summed E-state index contributed by atoms with van der Waals surface area (Å²) in [5, 5.41) is 9.90. The predicted octanol–water partition coefficient (Wildman–Crippen LogP) is 2.29. The lowest BCUT2D eigenvalue weighted by atomic mass is 10.1. The summed E-state index contributed by atoms with van der Waals surface area (Å²) in [5.74, 6) is -1.16. The standard InChI is InChI=1S/C15H15F2NO3S/c1-10-8-11(16)6-7-15(10)22(20,21)18-9-14(19)12-4-2-3-5-13(12)17/h2-8,14,18-19H,9H2,1H3. The first-order valence-electron chi connectivity index (χ1n) is 6.49. The predicted molar refractivity (Wildman–Crippen MR) is 77.7 cm³/mol. The molecule has 2 aromatic rings. The van der Waals surface area contributed by atoms with Crippen molar-refractivity contribution in [3.63, 3.8) is 0 Å². The van der Waals surface area contributed by atoms with Crippen molar-refractivity contribution in [2.75, 3.05) is 6.54 Å². The summed E-state index contributed by atoms with van der Waals surface area (Å²) < 4.78 is 53.0. The molecule has 0 bridgehead atoms. The minimum Gasteiger partial charge on any atom is -0.387 e. The molecule has 118 valence electrons. The van der Waals surface area contributed by atoms with Crippen LogP contribution >= 0.6 is 0 Å². The monoisotopic (exact) mass is 327 g/mol. The lowest BCUT2D eigenvalue weighted by molar-refractivity contribution is 0.177. The molecule has 0 aliphatic carbocycles. The van der Waals surface area contributed by atoms with E-state index in [1.807, 2.05) is 0 Å². The molecule has 0 radical (unpaired) electrons. The molecule has 1 unspecified atom stereocenters. The van der Waals surface area contributed by atoms with E-state index in [2.05, 4.69) is 4.72 Å². The van der Waals surface area contributed by atoms with Gasteiger partial charge in [-0.05, 0) is 36.8 Å². The highest BCUT2D eigenvalue weighted by Gasteiger charge is 2.20. The van der Waals surface area contributed by atoms with E-state index < -0.39 is 27.8 Å². The Balaban J connectivity index is 2.15. The van der Waals surface area contributed by atoms with Crippen molar-refractivity contribution in [3.8, 4) is 0 Å². The Morgan fingerprint density at radius 2 is 1.86 bits per heavy atom. The number of nitrogens with one attached hydrogen (secondary N) is 1. The molecule has 0 saturated carbocycles. The van der Waals surface area contributed by atoms with Gasteiger partial charge in [0.05, 0.1) is 11.0 Å². The summed E-state index contributed by atoms with van der Waals surface area (Å²) in [5.41, 5.74) is 0.244. The van der Waals surface area contributed by atoms with Crippen molar-refractivity contribution in [2.24, 2.45) is 0 Å². The summed E-state index contributed by atoms with van der Waals surface area (Å²) in [4.78, 5) is -0.0883. The second-order valence-electron chi connectivity index (χ2n) is 4.80. The summed E-state index contributed by atoms with van der Waals surface area (Å²) >= 11 is 0. The van der Waals surface area contributed by atoms with Crippen LogP contribution < -0.4 is 4.72 Å². The van der Waals surface area contributed by atoms with Crippen molar-refractivity contribution in [1.29, 1.82) is 0 Å². The zero-order valence-corrected chi connectivity index (χ0v) is 12.6. The molecule has 0 spiro atoms. The fraction of sp³-hybridized carbons (Fsp3) is 0.200. The molecule has 2 N–H and O–H groups in total. The van der Waals surface area contributed by atoms with Crippen LogP contribution in [0.4, 0.5) is 8.78 Å². The van der Waals surface area contributed by atoms with Gasteiger partial charge in [0.1, 0.15) is 11.6 Å². The van der Waals surface area contributed by atoms with Gasteiger partial charge >= 0.3 is 0 Å². The summed E-state index contributed by atoms with van der Waals surface area (Å²) in [6.45, 7) is 1.07. The number of aliphatic hydroxyl groups excluding tert-OH is 1. The van der Waals surface area contributed by atoms with Gasteiger partial charge in [-0.25, -0.2) is 21.9 Å². The van der Waals surface area contributed by atoms with Gasteiger partial charge in [-0.3, -0.25) is 0 Å². The van der Waals surface area contributed by atoms with Gasteiger partial charge in [0, 0.05) is 12.1 Å². The fourth-order valence-electron chi connectivity index (χ4n) is 2.04. The first-order chi connectivity index (χ1) is 10.3. The second-order valence-corrected chi connectivity index (χ2v) is 6.53. The van der Waals surface area contributed by atoms with Crippen LogP contribution in [0.25, 0.3) is 0 Å². The Bertz CT molecular complexity index is 778. The molecule has 4 nitrogen and oxygen atoms in total. The molecule has 0 heterocycles. The maximum Gasteiger partial charge on any atom is 0.240 e. The molecule has 2 aromatic carbocycles. The Morgan fingerprint density at radius 3 is 2.50 bits per heavy atom. The molecule has 2 rings (SSSR count). The molecule has 1 atom stereocenters. The van der Waals surface area contributed by atoms with Crippen LogP contribution in [-0.4, -0.2) is 20.1 Å². The Hall–Kier alpha value is -1.83. The van der Waals surface area contributed by atoms with Crippen LogP contribution in [0.3, 0.4) is 0 Å². The first-order valence-corrected chi connectivity index (χ1v) is 7.98. The molecule has 7 heteroatoms. The summed E-state index contributed by atoms with van der Waals surface area (Å²) in [6, 6.07) is 8.84. The van der Waals surface area contributed by atoms with Crippen molar-refractivity contribution in [2.45, 2.75) is 17.9 Å². The summed E-state index contributed by atoms with van der Waals surface area (Å²) in [7, 11) is -3.92. The molecule has 0 aromatic heterocycles. The van der Waals surface area contributed by atoms with Crippen molar-refractivity contribution in [1.82, 2.24) is 4.72 Å². The normalized spacial score (nSPS) is 13.1. The Kier molecular flexibility index (Phi) is 4.90. The van der Waals surface area contributed by atoms with Crippen molar-refractivity contribution >= 4 is 10.0 Å². The SMILES string of the molecule is Cc1cc(F)ccc1S(=O)(=O)NCC(O)c1ccccc1F. The minimum absolute atomic E-state index is 0.000952. The largest absolute Gasteiger partial charge is 0.387 e. The van der Waals surface area contributed by atoms with E-state index in [9.17, 15) is 22.3 Å². The third-order valence-electron chi connectivity index (χ3n) is 3.16. The van der Waals surface area contributed by atoms with Crippen LogP contribution in [-0.2, 0) is 10.0 Å². The molecular weight excluding hydrogens is 312 g/mol. The van der Waals surface area contributed by atoms with Crippen LogP contribution in [0.2, 0.25) is 0 Å². The molecular formula is C15H15F2NO3S. The van der Waals surface area contributed by atoms with Gasteiger partial charge in [-0.2, -0.15) is 0 Å². The van der Waals surface area contributed by atoms with Gasteiger partial charge in [-0.1, -0.05) is 18.2 Å². The van der Waals surface area contributed by atoms with E-state index >= 15 is 0 Å². The number of sulfonamides is 1. The number of aryl methyl sites for hydroxylation is 1. The molecule has 0 amide bonds. The van der Waals surface area contributed by atoms with Gasteiger partial charge in [0.2, 0.25) is 10.0 Å². The van der Waals surface area contributed by atoms with Crippen molar-refractivity contribution in [3.05, 3.63) is 65.2 Å². The van der Waals surface area contributed by atoms with E-state index in [-0.39, 0.29) is 22.6 Å². The smallest absolute Gasteiger partial charge is 0.240 e. The van der Waals surface area contributed by atoms with Gasteiger partial charge < -0.3 is 5.11 Å². The van der Waals surface area contributed by atoms with Crippen LogP contribution in [0.1, 0.15) is 17.2 Å². The van der Waals surface area contributed by atoms with Gasteiger partial charge in [0.25, 0.3) is 0 Å². The van der Waals surface area contributed by atoms with Gasteiger partial charge in [-0.15, -0.1) is 0 Å². The molecule has 0 aliphatic rings. The topological polar surface area (TPSA) is 66.4 Å². The van der Waals surface area contributed by atoms with E-state index in [0.29, 0.717) is 0 Å². The quantitative estimate of drug-likeness (QED) is 0.885. The second kappa shape index (κ2) is 6.51. The third kappa shape index (κ3) is 3.68. The Morgan fingerprint density at radius 1 is 1.18 bits per heavy atom. The van der Waals surface area contributed by atoms with Crippen LogP contribution in [0, 0.1) is 18.6 Å². The number of rotatable bonds is 5. The van der Waals surface area contributed by atoms with E-state index in [1.165, 1.54) is 25.1 Å². The molecule has 0 fully saturated rings. The molecule has 22 heavy (non-hydrogen) atoms. The van der Waals surface area contributed by atoms with Crippen molar-refractivity contribution < 1.29 is 22.3 Å². The van der Waals surface area contributed by atoms with E-state index in [4.69, 9.17) is 0 Å². The fourth-order valence-corrected chi connectivity index (χ4v) is 3.30. The maximum absolute atomic E-state index is 13.5. The van der Waals surface area contributed by atoms with E-state index in [1.54, 1.807) is 6.07 Å². The number of aliphatic hydroxyl groups is 1. The number of benzene rings is 2. The van der Waals surface area contributed by atoms with E-state index in [0.717, 1.165) is 18.2 Å². The third-order valence-corrected chi connectivity index (χ3v) is 4.74. The molecule has 0 aliphatic heterocycles. The maximum atomic E-state index is 13.5. The lowest BCUT2D eigenvalue weighted by Crippen LogP contribution is -2.29.